The monoisotopic (exact) mass is 289 g/mol. The Hall–Kier alpha value is -0.340. The molecule has 1 N–H and O–H groups in total. The van der Waals surface area contributed by atoms with Gasteiger partial charge in [0, 0.05) is 12.6 Å². The number of thiophene rings is 1. The van der Waals surface area contributed by atoms with E-state index in [9.17, 15) is 0 Å². The topological polar surface area (TPSA) is 12.0 Å². The van der Waals surface area contributed by atoms with Crippen molar-refractivity contribution >= 4 is 11.3 Å². The van der Waals surface area contributed by atoms with Crippen molar-refractivity contribution in [2.24, 2.45) is 23.2 Å². The Morgan fingerprint density at radius 2 is 1.75 bits per heavy atom. The number of nitrogens with one attached hydrogen (secondary N) is 1. The normalized spacial score (nSPS) is 40.2. The largest absolute Gasteiger partial charge is 0.310 e. The van der Waals surface area contributed by atoms with Crippen LogP contribution in [0.3, 0.4) is 0 Å². The van der Waals surface area contributed by atoms with Crippen LogP contribution in [0.4, 0.5) is 0 Å². The van der Waals surface area contributed by atoms with Crippen molar-refractivity contribution in [2.45, 2.75) is 65.0 Å². The zero-order chi connectivity index (χ0) is 13.7. The molecule has 4 bridgehead atoms. The second-order valence-corrected chi connectivity index (χ2v) is 8.71. The summed E-state index contributed by atoms with van der Waals surface area (Å²) in [7, 11) is 0. The first kappa shape index (κ1) is 13.3. The van der Waals surface area contributed by atoms with E-state index in [4.69, 9.17) is 0 Å². The fraction of sp³-hybridized carbons (Fsp3) is 0.778. The zero-order valence-corrected chi connectivity index (χ0v) is 13.6. The quantitative estimate of drug-likeness (QED) is 0.843. The summed E-state index contributed by atoms with van der Waals surface area (Å²) in [5.74, 6) is 3.19. The second-order valence-electron chi connectivity index (χ2n) is 7.96. The molecule has 0 aliphatic heterocycles. The van der Waals surface area contributed by atoms with Gasteiger partial charge < -0.3 is 5.32 Å². The van der Waals surface area contributed by atoms with Gasteiger partial charge in [0.05, 0.1) is 0 Å². The maximum absolute atomic E-state index is 3.89. The molecule has 0 amide bonds. The van der Waals surface area contributed by atoms with Gasteiger partial charge in [-0.15, -0.1) is 0 Å². The molecule has 110 valence electrons. The van der Waals surface area contributed by atoms with Gasteiger partial charge in [-0.3, -0.25) is 0 Å². The van der Waals surface area contributed by atoms with Crippen molar-refractivity contribution in [2.75, 3.05) is 0 Å². The lowest BCUT2D eigenvalue weighted by atomic mass is 9.48. The summed E-state index contributed by atoms with van der Waals surface area (Å²) in [4.78, 5) is 0. The number of hydrogen-bond acceptors (Lipinski definition) is 2. The predicted octanol–water partition coefficient (Wildman–Crippen LogP) is 4.75. The second kappa shape index (κ2) is 4.84. The van der Waals surface area contributed by atoms with E-state index in [0.717, 1.165) is 24.3 Å². The summed E-state index contributed by atoms with van der Waals surface area (Å²) < 4.78 is 0. The predicted molar refractivity (Wildman–Crippen MR) is 86.0 cm³/mol. The minimum atomic E-state index is 0.638. The third kappa shape index (κ3) is 2.16. The summed E-state index contributed by atoms with van der Waals surface area (Å²) in [5, 5.41) is 8.47. The lowest BCUT2D eigenvalue weighted by Gasteiger charge is -2.59. The first-order chi connectivity index (χ1) is 9.64. The Morgan fingerprint density at radius 3 is 2.25 bits per heavy atom. The highest BCUT2D eigenvalue weighted by Crippen LogP contribution is 2.61. The van der Waals surface area contributed by atoms with Crippen LogP contribution in [-0.2, 0) is 6.54 Å². The fourth-order valence-corrected chi connectivity index (χ4v) is 6.61. The molecule has 1 heterocycles. The third-order valence-electron chi connectivity index (χ3n) is 6.56. The lowest BCUT2D eigenvalue weighted by Crippen LogP contribution is -2.54. The minimum Gasteiger partial charge on any atom is -0.310 e. The smallest absolute Gasteiger partial charge is 0.0219 e. The fourth-order valence-electron chi connectivity index (χ4n) is 5.76. The molecule has 0 aromatic carbocycles. The third-order valence-corrected chi connectivity index (χ3v) is 7.47. The van der Waals surface area contributed by atoms with Gasteiger partial charge in [0.1, 0.15) is 0 Å². The van der Waals surface area contributed by atoms with Crippen LogP contribution in [0.25, 0.3) is 0 Å². The molecule has 4 saturated carbocycles. The zero-order valence-electron chi connectivity index (χ0n) is 12.8. The van der Waals surface area contributed by atoms with Crippen molar-refractivity contribution in [3.63, 3.8) is 0 Å². The lowest BCUT2D eigenvalue weighted by molar-refractivity contribution is -0.0706. The van der Waals surface area contributed by atoms with Crippen LogP contribution in [0.2, 0.25) is 0 Å². The SMILES string of the molecule is Cc1cscc1CNC(C)C12CC3CC(CC(C3)C1)C2. The van der Waals surface area contributed by atoms with E-state index in [-0.39, 0.29) is 0 Å². The molecule has 4 aliphatic rings. The van der Waals surface area contributed by atoms with Gasteiger partial charge in [0.2, 0.25) is 0 Å². The molecule has 0 spiro atoms. The van der Waals surface area contributed by atoms with Gasteiger partial charge in [0.25, 0.3) is 0 Å². The van der Waals surface area contributed by atoms with Crippen LogP contribution in [0.5, 0.6) is 0 Å². The van der Waals surface area contributed by atoms with Crippen molar-refractivity contribution in [1.82, 2.24) is 5.32 Å². The van der Waals surface area contributed by atoms with Gasteiger partial charge in [-0.05, 0) is 97.4 Å². The van der Waals surface area contributed by atoms with Crippen LogP contribution in [0.15, 0.2) is 10.8 Å². The van der Waals surface area contributed by atoms with Crippen LogP contribution in [-0.4, -0.2) is 6.04 Å². The maximum Gasteiger partial charge on any atom is 0.0219 e. The molecule has 1 nitrogen and oxygen atoms in total. The van der Waals surface area contributed by atoms with Crippen LogP contribution in [0.1, 0.15) is 56.6 Å². The van der Waals surface area contributed by atoms with E-state index in [1.54, 1.807) is 19.3 Å². The minimum absolute atomic E-state index is 0.638. The summed E-state index contributed by atoms with van der Waals surface area (Å²) in [6.07, 6.45) is 9.18. The molecule has 5 rings (SSSR count). The Kier molecular flexibility index (Phi) is 3.23. The maximum atomic E-state index is 3.89. The highest BCUT2D eigenvalue weighted by atomic mass is 32.1. The van der Waals surface area contributed by atoms with Crippen molar-refractivity contribution < 1.29 is 0 Å². The Balaban J connectivity index is 1.45. The molecule has 0 radical (unpaired) electrons. The van der Waals surface area contributed by atoms with E-state index >= 15 is 0 Å². The van der Waals surface area contributed by atoms with Gasteiger partial charge in [-0.2, -0.15) is 11.3 Å². The van der Waals surface area contributed by atoms with E-state index in [1.165, 1.54) is 30.4 Å². The first-order valence-corrected chi connectivity index (χ1v) is 9.34. The molecule has 2 heteroatoms. The van der Waals surface area contributed by atoms with Crippen molar-refractivity contribution in [3.05, 3.63) is 21.9 Å². The van der Waals surface area contributed by atoms with Crippen LogP contribution in [0, 0.1) is 30.1 Å². The summed E-state index contributed by atoms with van der Waals surface area (Å²) in [6, 6.07) is 0.690. The molecular formula is C18H27NS. The van der Waals surface area contributed by atoms with Gasteiger partial charge in [0.15, 0.2) is 0 Å². The molecular weight excluding hydrogens is 262 g/mol. The number of hydrogen-bond donors (Lipinski definition) is 1. The average molecular weight is 289 g/mol. The number of aryl methyl sites for hydroxylation is 1. The van der Waals surface area contributed by atoms with Crippen molar-refractivity contribution in [3.8, 4) is 0 Å². The van der Waals surface area contributed by atoms with Gasteiger partial charge in [-0.1, -0.05) is 0 Å². The Labute approximate surface area is 127 Å². The molecule has 20 heavy (non-hydrogen) atoms. The highest BCUT2D eigenvalue weighted by Gasteiger charge is 2.52. The van der Waals surface area contributed by atoms with Crippen LogP contribution >= 0.6 is 11.3 Å². The van der Waals surface area contributed by atoms with E-state index in [0.29, 0.717) is 11.5 Å². The molecule has 0 saturated heterocycles. The van der Waals surface area contributed by atoms with Gasteiger partial charge >= 0.3 is 0 Å². The average Bonchev–Trinajstić information content (AvgIpc) is 2.80. The summed E-state index contributed by atoms with van der Waals surface area (Å²) >= 11 is 1.84. The molecule has 1 aromatic rings. The molecule has 4 aliphatic carbocycles. The Morgan fingerprint density at radius 1 is 1.15 bits per heavy atom. The van der Waals surface area contributed by atoms with Gasteiger partial charge in [-0.25, -0.2) is 0 Å². The van der Waals surface area contributed by atoms with E-state index in [1.807, 2.05) is 11.3 Å². The first-order valence-electron chi connectivity index (χ1n) is 8.40. The molecule has 1 unspecified atom stereocenters. The standard InChI is InChI=1S/C18H27NS/c1-12-10-20-11-17(12)9-19-13(2)18-6-14-3-15(7-18)5-16(4-14)8-18/h10-11,13-16,19H,3-9H2,1-2H3. The molecule has 4 fully saturated rings. The summed E-state index contributed by atoms with van der Waals surface area (Å²) in [6.45, 7) is 5.77. The van der Waals surface area contributed by atoms with Crippen molar-refractivity contribution in [1.29, 1.82) is 0 Å². The number of rotatable bonds is 4. The van der Waals surface area contributed by atoms with E-state index in [2.05, 4.69) is 29.9 Å². The summed E-state index contributed by atoms with van der Waals surface area (Å²) in [5.41, 5.74) is 3.60. The van der Waals surface area contributed by atoms with E-state index < -0.39 is 0 Å². The molecule has 1 aromatic heterocycles. The molecule has 1 atom stereocenters. The Bertz CT molecular complexity index is 454. The van der Waals surface area contributed by atoms with Crippen LogP contribution < -0.4 is 5.32 Å². The highest BCUT2D eigenvalue weighted by molar-refractivity contribution is 7.08.